The Kier molecular flexibility index (Phi) is 3.48. The van der Waals surface area contributed by atoms with Gasteiger partial charge in [0.15, 0.2) is 11.5 Å². The summed E-state index contributed by atoms with van der Waals surface area (Å²) in [6.07, 6.45) is 3.22. The molecule has 0 N–H and O–H groups in total. The Morgan fingerprint density at radius 2 is 2.00 bits per heavy atom. The van der Waals surface area contributed by atoms with Crippen molar-refractivity contribution in [3.63, 3.8) is 0 Å². The van der Waals surface area contributed by atoms with E-state index in [2.05, 4.69) is 35.9 Å². The maximum Gasteiger partial charge on any atom is 0.163 e. The van der Waals surface area contributed by atoms with E-state index >= 15 is 0 Å². The molecule has 0 aliphatic heterocycles. The summed E-state index contributed by atoms with van der Waals surface area (Å²) < 4.78 is 12.1. The molecule has 0 saturated heterocycles. The molecule has 0 heterocycles. The van der Waals surface area contributed by atoms with Gasteiger partial charge in [0.2, 0.25) is 0 Å². The summed E-state index contributed by atoms with van der Waals surface area (Å²) in [5, 5.41) is 0. The van der Waals surface area contributed by atoms with Gasteiger partial charge in [-0.15, -0.1) is 0 Å². The predicted octanol–water partition coefficient (Wildman–Crippen LogP) is 3.94. The molecule has 1 aromatic rings. The topological polar surface area (TPSA) is 18.5 Å². The number of hydrogen-bond donors (Lipinski definition) is 0. The molecule has 2 rings (SSSR count). The second-order valence-electron chi connectivity index (χ2n) is 4.44. The van der Waals surface area contributed by atoms with Crippen LogP contribution < -0.4 is 9.47 Å². The molecule has 3 heteroatoms. The smallest absolute Gasteiger partial charge is 0.163 e. The van der Waals surface area contributed by atoms with E-state index in [1.165, 1.54) is 21.2 Å². The molecule has 0 bridgehead atoms. The monoisotopic (exact) mass is 296 g/mol. The third-order valence-electron chi connectivity index (χ3n) is 3.35. The fourth-order valence-electron chi connectivity index (χ4n) is 2.33. The summed E-state index contributed by atoms with van der Waals surface area (Å²) in [5.41, 5.74) is 3.77. The van der Waals surface area contributed by atoms with Crippen LogP contribution in [0.1, 0.15) is 23.6 Å². The maximum atomic E-state index is 5.44. The first-order valence-corrected chi connectivity index (χ1v) is 6.49. The van der Waals surface area contributed by atoms with Gasteiger partial charge in [-0.2, -0.15) is 0 Å². The third kappa shape index (κ3) is 2.08. The molecule has 1 aromatic carbocycles. The molecular weight excluding hydrogens is 280 g/mol. The van der Waals surface area contributed by atoms with Gasteiger partial charge < -0.3 is 9.47 Å². The van der Waals surface area contributed by atoms with E-state index in [0.29, 0.717) is 5.92 Å². The van der Waals surface area contributed by atoms with Crippen LogP contribution in [-0.4, -0.2) is 14.2 Å². The van der Waals surface area contributed by atoms with Crippen molar-refractivity contribution in [3.8, 4) is 11.5 Å². The Morgan fingerprint density at radius 3 is 2.59 bits per heavy atom. The second-order valence-corrected chi connectivity index (χ2v) is 5.35. The maximum absolute atomic E-state index is 5.44. The Hall–Kier alpha value is -0.960. The number of benzene rings is 1. The molecule has 0 radical (unpaired) electrons. The van der Waals surface area contributed by atoms with Crippen molar-refractivity contribution >= 4 is 22.0 Å². The van der Waals surface area contributed by atoms with Gasteiger partial charge >= 0.3 is 0 Å². The predicted molar refractivity (Wildman–Crippen MR) is 74.1 cm³/mol. The average Bonchev–Trinajstić information content (AvgIpc) is 2.31. The second kappa shape index (κ2) is 4.73. The third-order valence-corrected chi connectivity index (χ3v) is 4.36. The van der Waals surface area contributed by atoms with Crippen molar-refractivity contribution in [2.24, 2.45) is 5.92 Å². The molecule has 1 aliphatic carbocycles. The lowest BCUT2D eigenvalue weighted by Gasteiger charge is -2.24. The van der Waals surface area contributed by atoms with Crippen molar-refractivity contribution in [1.29, 1.82) is 0 Å². The lowest BCUT2D eigenvalue weighted by atomic mass is 9.87. The van der Waals surface area contributed by atoms with Crippen LogP contribution in [0.2, 0.25) is 0 Å². The van der Waals surface area contributed by atoms with Gasteiger partial charge in [0.25, 0.3) is 0 Å². The van der Waals surface area contributed by atoms with Gasteiger partial charge in [-0.25, -0.2) is 0 Å². The van der Waals surface area contributed by atoms with Crippen LogP contribution in [0.15, 0.2) is 10.5 Å². The highest BCUT2D eigenvalue weighted by molar-refractivity contribution is 9.11. The Balaban J connectivity index is 2.64. The standard InChI is InChI=1S/C14H17BrO2/c1-8-5-11-9(2)14(17-4)13(16-3)7-10(11)6-12(8)15/h6-8H,5H2,1-4H3. The van der Waals surface area contributed by atoms with Gasteiger partial charge in [-0.3, -0.25) is 0 Å². The van der Waals surface area contributed by atoms with Gasteiger partial charge in [0.1, 0.15) is 0 Å². The van der Waals surface area contributed by atoms with E-state index in [9.17, 15) is 0 Å². The summed E-state index contributed by atoms with van der Waals surface area (Å²) in [6.45, 7) is 4.32. The first kappa shape index (κ1) is 12.5. The molecule has 1 unspecified atom stereocenters. The number of methoxy groups -OCH3 is 2. The van der Waals surface area contributed by atoms with E-state index < -0.39 is 0 Å². The highest BCUT2D eigenvalue weighted by atomic mass is 79.9. The highest BCUT2D eigenvalue weighted by Gasteiger charge is 2.22. The SMILES string of the molecule is COc1cc2c(c(C)c1OC)CC(C)C(Br)=C2. The lowest BCUT2D eigenvalue weighted by Crippen LogP contribution is -2.10. The molecule has 0 saturated carbocycles. The molecule has 0 fully saturated rings. The van der Waals surface area contributed by atoms with Gasteiger partial charge in [-0.1, -0.05) is 22.9 Å². The van der Waals surface area contributed by atoms with Gasteiger partial charge in [0.05, 0.1) is 14.2 Å². The van der Waals surface area contributed by atoms with Crippen molar-refractivity contribution in [1.82, 2.24) is 0 Å². The van der Waals surface area contributed by atoms with Crippen molar-refractivity contribution in [2.45, 2.75) is 20.3 Å². The number of rotatable bonds is 2. The molecule has 2 nitrogen and oxygen atoms in total. The number of ether oxygens (including phenoxy) is 2. The average molecular weight is 297 g/mol. The zero-order chi connectivity index (χ0) is 12.6. The minimum absolute atomic E-state index is 0.527. The summed E-state index contributed by atoms with van der Waals surface area (Å²) in [7, 11) is 3.36. The van der Waals surface area contributed by atoms with Crippen LogP contribution in [0.3, 0.4) is 0 Å². The number of fused-ring (bicyclic) bond motifs is 1. The Labute approximate surface area is 111 Å². The summed E-state index contributed by atoms with van der Waals surface area (Å²) in [4.78, 5) is 0. The minimum Gasteiger partial charge on any atom is -0.493 e. The number of halogens is 1. The molecule has 1 aliphatic rings. The zero-order valence-electron chi connectivity index (χ0n) is 10.6. The quantitative estimate of drug-likeness (QED) is 0.823. The Bertz CT molecular complexity index is 478. The molecule has 92 valence electrons. The fourth-order valence-corrected chi connectivity index (χ4v) is 2.74. The van der Waals surface area contributed by atoms with E-state index in [1.54, 1.807) is 14.2 Å². The van der Waals surface area contributed by atoms with Gasteiger partial charge in [0, 0.05) is 0 Å². The van der Waals surface area contributed by atoms with E-state index in [4.69, 9.17) is 9.47 Å². The van der Waals surface area contributed by atoms with Gasteiger partial charge in [-0.05, 0) is 52.6 Å². The Morgan fingerprint density at radius 1 is 1.29 bits per heavy atom. The molecule has 0 amide bonds. The summed E-state index contributed by atoms with van der Waals surface area (Å²) >= 11 is 3.62. The van der Waals surface area contributed by atoms with E-state index in [1.807, 2.05) is 6.07 Å². The largest absolute Gasteiger partial charge is 0.493 e. The van der Waals surface area contributed by atoms with Crippen molar-refractivity contribution in [3.05, 3.63) is 27.2 Å². The van der Waals surface area contributed by atoms with Crippen LogP contribution in [0.25, 0.3) is 6.08 Å². The molecule has 1 atom stereocenters. The number of hydrogen-bond acceptors (Lipinski definition) is 2. The normalized spacial score (nSPS) is 18.4. The number of allylic oxidation sites excluding steroid dienone is 1. The summed E-state index contributed by atoms with van der Waals surface area (Å²) in [5.74, 6) is 2.18. The lowest BCUT2D eigenvalue weighted by molar-refractivity contribution is 0.352. The van der Waals surface area contributed by atoms with E-state index in [-0.39, 0.29) is 0 Å². The molecule has 0 spiro atoms. The van der Waals surface area contributed by atoms with Crippen molar-refractivity contribution in [2.75, 3.05) is 14.2 Å². The molecule has 0 aromatic heterocycles. The minimum atomic E-state index is 0.527. The van der Waals surface area contributed by atoms with Crippen LogP contribution in [0.4, 0.5) is 0 Å². The molecule has 17 heavy (non-hydrogen) atoms. The van der Waals surface area contributed by atoms with Crippen LogP contribution in [0.5, 0.6) is 11.5 Å². The highest BCUT2D eigenvalue weighted by Crippen LogP contribution is 2.41. The first-order chi connectivity index (χ1) is 8.08. The van der Waals surface area contributed by atoms with E-state index in [0.717, 1.165) is 17.9 Å². The van der Waals surface area contributed by atoms with Crippen LogP contribution >= 0.6 is 15.9 Å². The fraction of sp³-hybridized carbons (Fsp3) is 0.429. The van der Waals surface area contributed by atoms with Crippen molar-refractivity contribution < 1.29 is 9.47 Å². The first-order valence-electron chi connectivity index (χ1n) is 5.70. The molecular formula is C14H17BrO2. The summed E-state index contributed by atoms with van der Waals surface area (Å²) in [6, 6.07) is 2.05. The van der Waals surface area contributed by atoms with Crippen LogP contribution in [-0.2, 0) is 6.42 Å². The zero-order valence-corrected chi connectivity index (χ0v) is 12.2. The van der Waals surface area contributed by atoms with Crippen LogP contribution in [0, 0.1) is 12.8 Å².